The number of amides is 1. The van der Waals surface area contributed by atoms with Crippen LogP contribution in [0.2, 0.25) is 0 Å². The van der Waals surface area contributed by atoms with E-state index in [0.29, 0.717) is 5.69 Å². The summed E-state index contributed by atoms with van der Waals surface area (Å²) in [6.45, 7) is 3.59. The number of nitrogens with zero attached hydrogens (tertiary/aromatic N) is 1. The minimum absolute atomic E-state index is 0.0596. The number of hydrogen-bond acceptors (Lipinski definition) is 4. The molecule has 104 valence electrons. The number of benzene rings is 1. The van der Waals surface area contributed by atoms with Crippen LogP contribution in [0.1, 0.15) is 17.5 Å². The van der Waals surface area contributed by atoms with Gasteiger partial charge in [0.2, 0.25) is 15.9 Å². The molecule has 6 nitrogen and oxygen atoms in total. The van der Waals surface area contributed by atoms with Crippen LogP contribution in [0, 0.1) is 13.8 Å². The topological polar surface area (TPSA) is 101 Å². The number of phenolic OH excluding ortho intramolecular Hbond substituents is 1. The van der Waals surface area contributed by atoms with Gasteiger partial charge < -0.3 is 10.0 Å². The third kappa shape index (κ3) is 2.57. The monoisotopic (exact) mass is 284 g/mol. The van der Waals surface area contributed by atoms with E-state index in [9.17, 15) is 18.3 Å². The smallest absolute Gasteiger partial charge is 0.228 e. The van der Waals surface area contributed by atoms with Crippen molar-refractivity contribution < 1.29 is 18.3 Å². The number of nitrogens with two attached hydrogens (primary N) is 1. The van der Waals surface area contributed by atoms with Crippen LogP contribution in [-0.2, 0) is 14.8 Å². The van der Waals surface area contributed by atoms with Gasteiger partial charge in [-0.05, 0) is 37.1 Å². The fourth-order valence-electron chi connectivity index (χ4n) is 2.47. The van der Waals surface area contributed by atoms with Crippen molar-refractivity contribution >= 4 is 21.6 Å². The second-order valence-corrected chi connectivity index (χ2v) is 6.69. The molecule has 1 atom stereocenters. The normalized spacial score (nSPS) is 20.1. The van der Waals surface area contributed by atoms with Gasteiger partial charge in [0.15, 0.2) is 0 Å². The van der Waals surface area contributed by atoms with Crippen molar-refractivity contribution in [2.45, 2.75) is 25.5 Å². The Morgan fingerprint density at radius 3 is 2.26 bits per heavy atom. The van der Waals surface area contributed by atoms with E-state index in [0.717, 1.165) is 11.1 Å². The zero-order valence-corrected chi connectivity index (χ0v) is 11.6. The number of rotatable bonds is 2. The van der Waals surface area contributed by atoms with E-state index in [2.05, 4.69) is 0 Å². The van der Waals surface area contributed by atoms with Gasteiger partial charge in [0.25, 0.3) is 0 Å². The fraction of sp³-hybridized carbons (Fsp3) is 0.417. The number of aromatic hydroxyl groups is 1. The number of primary sulfonamides is 1. The van der Waals surface area contributed by atoms with E-state index >= 15 is 0 Å². The van der Waals surface area contributed by atoms with Crippen LogP contribution in [0.4, 0.5) is 5.69 Å². The molecule has 0 radical (unpaired) electrons. The SMILES string of the molecule is Cc1cc(O)cc(C)c1N1CC(S(N)(=O)=O)CC1=O. The van der Waals surface area contributed by atoms with Gasteiger partial charge in [-0.3, -0.25) is 4.79 Å². The highest BCUT2D eigenvalue weighted by molar-refractivity contribution is 7.89. The molecular weight excluding hydrogens is 268 g/mol. The van der Waals surface area contributed by atoms with E-state index in [4.69, 9.17) is 5.14 Å². The lowest BCUT2D eigenvalue weighted by molar-refractivity contribution is -0.117. The van der Waals surface area contributed by atoms with Gasteiger partial charge >= 0.3 is 0 Å². The Morgan fingerprint density at radius 2 is 1.84 bits per heavy atom. The van der Waals surface area contributed by atoms with Crippen molar-refractivity contribution in [2.24, 2.45) is 5.14 Å². The Bertz CT molecular complexity index is 616. The van der Waals surface area contributed by atoms with Crippen LogP contribution in [0.5, 0.6) is 5.75 Å². The predicted molar refractivity (Wildman–Crippen MR) is 71.4 cm³/mol. The second-order valence-electron chi connectivity index (χ2n) is 4.85. The van der Waals surface area contributed by atoms with Crippen molar-refractivity contribution in [3.05, 3.63) is 23.3 Å². The molecule has 0 saturated carbocycles. The molecule has 3 N–H and O–H groups in total. The number of carbonyl (C=O) groups is 1. The Morgan fingerprint density at radius 1 is 1.32 bits per heavy atom. The molecule has 1 heterocycles. The first-order chi connectivity index (χ1) is 8.70. The first kappa shape index (κ1) is 13.8. The zero-order chi connectivity index (χ0) is 14.4. The molecule has 1 fully saturated rings. The average Bonchev–Trinajstić information content (AvgIpc) is 2.59. The molecule has 0 aromatic heterocycles. The quantitative estimate of drug-likeness (QED) is 0.821. The zero-order valence-electron chi connectivity index (χ0n) is 10.8. The minimum Gasteiger partial charge on any atom is -0.508 e. The summed E-state index contributed by atoms with van der Waals surface area (Å²) in [7, 11) is -3.72. The molecule has 1 aliphatic rings. The molecule has 0 bridgehead atoms. The standard InChI is InChI=1S/C12H16N2O4S/c1-7-3-9(15)4-8(2)12(7)14-6-10(5-11(14)16)19(13,17)18/h3-4,10,15H,5-6H2,1-2H3,(H2,13,17,18). The van der Waals surface area contributed by atoms with E-state index in [1.54, 1.807) is 26.0 Å². The molecule has 1 amide bonds. The second kappa shape index (κ2) is 4.50. The van der Waals surface area contributed by atoms with Gasteiger partial charge in [0.1, 0.15) is 11.0 Å². The highest BCUT2D eigenvalue weighted by Crippen LogP contribution is 2.32. The lowest BCUT2D eigenvalue weighted by atomic mass is 10.1. The summed E-state index contributed by atoms with van der Waals surface area (Å²) in [5.74, 6) is -0.149. The van der Waals surface area contributed by atoms with Crippen molar-refractivity contribution in [3.63, 3.8) is 0 Å². The molecule has 2 rings (SSSR count). The molecule has 1 saturated heterocycles. The lowest BCUT2D eigenvalue weighted by Gasteiger charge is -2.21. The highest BCUT2D eigenvalue weighted by Gasteiger charge is 2.38. The summed E-state index contributed by atoms with van der Waals surface area (Å²) in [6, 6.07) is 3.08. The van der Waals surface area contributed by atoms with Crippen molar-refractivity contribution in [2.75, 3.05) is 11.4 Å². The van der Waals surface area contributed by atoms with E-state index < -0.39 is 15.3 Å². The first-order valence-electron chi connectivity index (χ1n) is 5.82. The molecule has 19 heavy (non-hydrogen) atoms. The van der Waals surface area contributed by atoms with Gasteiger partial charge in [0, 0.05) is 18.7 Å². The minimum atomic E-state index is -3.72. The summed E-state index contributed by atoms with van der Waals surface area (Å²) in [5, 5.41) is 13.7. The first-order valence-corrected chi connectivity index (χ1v) is 7.43. The molecule has 1 unspecified atom stereocenters. The van der Waals surface area contributed by atoms with Crippen LogP contribution >= 0.6 is 0 Å². The molecule has 1 aromatic rings. The summed E-state index contributed by atoms with van der Waals surface area (Å²) in [6.07, 6.45) is -0.0986. The van der Waals surface area contributed by atoms with Crippen molar-refractivity contribution in [1.82, 2.24) is 0 Å². The summed E-state index contributed by atoms with van der Waals surface area (Å²) in [5.41, 5.74) is 2.09. The molecule has 0 spiro atoms. The maximum absolute atomic E-state index is 12.0. The van der Waals surface area contributed by atoms with Crippen molar-refractivity contribution in [1.29, 1.82) is 0 Å². The summed E-state index contributed by atoms with van der Waals surface area (Å²) in [4.78, 5) is 13.4. The van der Waals surface area contributed by atoms with Gasteiger partial charge in [-0.1, -0.05) is 0 Å². The fourth-order valence-corrected chi connectivity index (χ4v) is 3.20. The van der Waals surface area contributed by atoms with Gasteiger partial charge in [-0.25, -0.2) is 13.6 Å². The third-order valence-electron chi connectivity index (χ3n) is 3.30. The molecule has 1 aromatic carbocycles. The Hall–Kier alpha value is -1.60. The van der Waals surface area contributed by atoms with Crippen LogP contribution in [0.15, 0.2) is 12.1 Å². The predicted octanol–water partition coefficient (Wildman–Crippen LogP) is 0.403. The molecule has 7 heteroatoms. The van der Waals surface area contributed by atoms with Crippen LogP contribution in [-0.4, -0.2) is 31.2 Å². The van der Waals surface area contributed by atoms with Crippen LogP contribution < -0.4 is 10.0 Å². The van der Waals surface area contributed by atoms with E-state index in [-0.39, 0.29) is 24.6 Å². The largest absolute Gasteiger partial charge is 0.508 e. The average molecular weight is 284 g/mol. The summed E-state index contributed by atoms with van der Waals surface area (Å²) < 4.78 is 22.7. The molecular formula is C12H16N2O4S. The van der Waals surface area contributed by atoms with Crippen LogP contribution in [0.3, 0.4) is 0 Å². The summed E-state index contributed by atoms with van der Waals surface area (Å²) >= 11 is 0. The van der Waals surface area contributed by atoms with E-state index in [1.165, 1.54) is 4.90 Å². The number of aryl methyl sites for hydroxylation is 2. The Kier molecular flexibility index (Phi) is 3.27. The van der Waals surface area contributed by atoms with Crippen molar-refractivity contribution in [3.8, 4) is 5.75 Å². The highest BCUT2D eigenvalue weighted by atomic mass is 32.2. The number of sulfonamides is 1. The van der Waals surface area contributed by atoms with E-state index in [1.807, 2.05) is 0 Å². The lowest BCUT2D eigenvalue weighted by Crippen LogP contribution is -2.32. The maximum Gasteiger partial charge on any atom is 0.228 e. The Labute approximate surface area is 111 Å². The van der Waals surface area contributed by atoms with Gasteiger partial charge in [-0.15, -0.1) is 0 Å². The number of phenols is 1. The maximum atomic E-state index is 12.0. The van der Waals surface area contributed by atoms with Crippen LogP contribution in [0.25, 0.3) is 0 Å². The Balaban J connectivity index is 2.42. The third-order valence-corrected chi connectivity index (χ3v) is 4.54. The molecule has 0 aliphatic carbocycles. The number of hydrogen-bond donors (Lipinski definition) is 2. The molecule has 1 aliphatic heterocycles. The van der Waals surface area contributed by atoms with Gasteiger partial charge in [-0.2, -0.15) is 0 Å². The number of anilines is 1. The van der Waals surface area contributed by atoms with Gasteiger partial charge in [0.05, 0.1) is 0 Å². The number of carbonyl (C=O) groups excluding carboxylic acids is 1.